The fourth-order valence-corrected chi connectivity index (χ4v) is 1.88. The quantitative estimate of drug-likeness (QED) is 0.762. The van der Waals surface area contributed by atoms with Gasteiger partial charge in [0.1, 0.15) is 0 Å². The van der Waals surface area contributed by atoms with Crippen LogP contribution in [0.25, 0.3) is 5.47 Å². The highest BCUT2D eigenvalue weighted by atomic mass is 16.7. The molecule has 1 fully saturated rings. The fraction of sp³-hybridized carbons (Fsp3) is 0.400. The smallest absolute Gasteiger partial charge is 0.399 e. The van der Waals surface area contributed by atoms with Crippen molar-refractivity contribution in [1.29, 1.82) is 5.26 Å². The van der Waals surface area contributed by atoms with Gasteiger partial charge in [0.25, 0.3) is 0 Å². The summed E-state index contributed by atoms with van der Waals surface area (Å²) in [5, 5.41) is 8.79. The van der Waals surface area contributed by atoms with Crippen LogP contribution in [0.4, 0.5) is 0 Å². The van der Waals surface area contributed by atoms with Crippen LogP contribution in [-0.4, -0.2) is 18.3 Å². The molecule has 0 unspecified atom stereocenters. The van der Waals surface area contributed by atoms with E-state index in [0.29, 0.717) is 5.56 Å². The molecule has 0 atom stereocenters. The van der Waals surface area contributed by atoms with Crippen LogP contribution >= 0.6 is 0 Å². The molecular weight excluding hydrogens is 237 g/mol. The Bertz CT molecular complexity index is 524. The molecule has 0 saturated carbocycles. The van der Waals surface area contributed by atoms with Crippen molar-refractivity contribution in [3.63, 3.8) is 0 Å². The lowest BCUT2D eigenvalue weighted by atomic mass is 9.75. The summed E-state index contributed by atoms with van der Waals surface area (Å²) in [4.78, 5) is 0. The van der Waals surface area contributed by atoms with Crippen molar-refractivity contribution in [2.75, 3.05) is 0 Å². The summed E-state index contributed by atoms with van der Waals surface area (Å²) < 4.78 is 11.9. The van der Waals surface area contributed by atoms with Gasteiger partial charge in [-0.1, -0.05) is 18.7 Å². The second kappa shape index (κ2) is 4.52. The van der Waals surface area contributed by atoms with E-state index < -0.39 is 7.12 Å². The average molecular weight is 255 g/mol. The van der Waals surface area contributed by atoms with E-state index in [-0.39, 0.29) is 11.2 Å². The molecule has 0 spiro atoms. The first-order chi connectivity index (χ1) is 8.77. The molecule has 1 aromatic rings. The summed E-state index contributed by atoms with van der Waals surface area (Å²) >= 11 is 0. The van der Waals surface area contributed by atoms with Crippen molar-refractivity contribution in [2.45, 2.75) is 38.9 Å². The summed E-state index contributed by atoms with van der Waals surface area (Å²) in [6.07, 6.45) is 0. The maximum atomic E-state index is 8.79. The molecule has 0 aliphatic carbocycles. The minimum absolute atomic E-state index is 0.368. The lowest BCUT2D eigenvalue weighted by Crippen LogP contribution is -2.41. The first kappa shape index (κ1) is 13.9. The second-order valence-corrected chi connectivity index (χ2v) is 5.80. The zero-order valence-electron chi connectivity index (χ0n) is 11.9. The zero-order valence-corrected chi connectivity index (χ0v) is 11.9. The normalized spacial score (nSPS) is 20.1. The Hall–Kier alpha value is -1.57. The van der Waals surface area contributed by atoms with Gasteiger partial charge in [-0.25, -0.2) is 0 Å². The van der Waals surface area contributed by atoms with Crippen LogP contribution in [0, 0.1) is 11.3 Å². The predicted octanol–water partition coefficient (Wildman–Crippen LogP) is 3.20. The van der Waals surface area contributed by atoms with Crippen LogP contribution in [0.15, 0.2) is 30.8 Å². The summed E-state index contributed by atoms with van der Waals surface area (Å²) in [6, 6.07) is 9.37. The van der Waals surface area contributed by atoms with Crippen LogP contribution < -0.4 is 0 Å². The number of nitrogens with zero attached hydrogens (tertiary/aromatic N) is 1. The average Bonchev–Trinajstić information content (AvgIpc) is 2.58. The molecule has 4 heteroatoms. The number of benzene rings is 1. The number of hydrogen-bond acceptors (Lipinski definition) is 3. The lowest BCUT2D eigenvalue weighted by molar-refractivity contribution is 0.00578. The van der Waals surface area contributed by atoms with Crippen LogP contribution in [0.2, 0.25) is 0 Å². The van der Waals surface area contributed by atoms with Gasteiger partial charge in [0.2, 0.25) is 0 Å². The first-order valence-corrected chi connectivity index (χ1v) is 6.32. The Morgan fingerprint density at radius 2 is 1.58 bits per heavy atom. The predicted molar refractivity (Wildman–Crippen MR) is 76.3 cm³/mol. The van der Waals surface area contributed by atoms with Gasteiger partial charge in [0.05, 0.1) is 22.8 Å². The van der Waals surface area contributed by atoms with Gasteiger partial charge in [0, 0.05) is 0 Å². The highest BCUT2D eigenvalue weighted by molar-refractivity contribution is 6.68. The van der Waals surface area contributed by atoms with Gasteiger partial charge in [-0.3, -0.25) is 0 Å². The molecule has 19 heavy (non-hydrogen) atoms. The third kappa shape index (κ3) is 2.44. The maximum absolute atomic E-state index is 8.79. The SMILES string of the molecule is C=C(B1OC(C)(C)C(C)(C)O1)c1ccc(C#N)cc1. The fourth-order valence-electron chi connectivity index (χ4n) is 1.88. The van der Waals surface area contributed by atoms with Crippen LogP contribution in [0.1, 0.15) is 38.8 Å². The Labute approximate surface area is 115 Å². The standard InChI is InChI=1S/C15H18BNO2/c1-11(13-8-6-12(10-17)7-9-13)16-18-14(2,3)15(4,5)19-16/h6-9H,1H2,2-5H3. The summed E-state index contributed by atoms with van der Waals surface area (Å²) in [5.74, 6) is 0. The topological polar surface area (TPSA) is 42.2 Å². The molecule has 1 aliphatic rings. The van der Waals surface area contributed by atoms with Gasteiger partial charge in [-0.15, -0.1) is 0 Å². The zero-order chi connectivity index (χ0) is 14.3. The number of hydrogen-bond donors (Lipinski definition) is 0. The molecule has 3 nitrogen and oxygen atoms in total. The molecule has 0 amide bonds. The Morgan fingerprint density at radius 1 is 1.11 bits per heavy atom. The van der Waals surface area contributed by atoms with E-state index in [2.05, 4.69) is 12.6 Å². The van der Waals surface area contributed by atoms with Crippen molar-refractivity contribution in [3.8, 4) is 6.07 Å². The third-order valence-corrected chi connectivity index (χ3v) is 3.92. The monoisotopic (exact) mass is 255 g/mol. The van der Waals surface area contributed by atoms with Crippen molar-refractivity contribution >= 4 is 12.6 Å². The Morgan fingerprint density at radius 3 is 2.00 bits per heavy atom. The van der Waals surface area contributed by atoms with Gasteiger partial charge >= 0.3 is 7.12 Å². The molecule has 98 valence electrons. The first-order valence-electron chi connectivity index (χ1n) is 6.32. The van der Waals surface area contributed by atoms with Crippen molar-refractivity contribution in [1.82, 2.24) is 0 Å². The summed E-state index contributed by atoms with van der Waals surface area (Å²) in [7, 11) is -0.446. The maximum Gasteiger partial charge on any atom is 0.494 e. The second-order valence-electron chi connectivity index (χ2n) is 5.80. The molecular formula is C15H18BNO2. The van der Waals surface area contributed by atoms with Gasteiger partial charge in [-0.2, -0.15) is 5.26 Å². The highest BCUT2D eigenvalue weighted by Gasteiger charge is 2.52. The lowest BCUT2D eigenvalue weighted by Gasteiger charge is -2.32. The largest absolute Gasteiger partial charge is 0.494 e. The molecule has 0 bridgehead atoms. The van der Waals surface area contributed by atoms with E-state index in [9.17, 15) is 0 Å². The van der Waals surface area contributed by atoms with Crippen LogP contribution in [0.5, 0.6) is 0 Å². The molecule has 1 aromatic carbocycles. The van der Waals surface area contributed by atoms with E-state index in [1.165, 1.54) is 0 Å². The minimum Gasteiger partial charge on any atom is -0.399 e. The molecule has 0 aromatic heterocycles. The van der Waals surface area contributed by atoms with Gasteiger partial charge < -0.3 is 9.31 Å². The molecule has 0 radical (unpaired) electrons. The van der Waals surface area contributed by atoms with Gasteiger partial charge in [-0.05, 0) is 50.9 Å². The van der Waals surface area contributed by atoms with E-state index in [0.717, 1.165) is 11.0 Å². The third-order valence-electron chi connectivity index (χ3n) is 3.92. The van der Waals surface area contributed by atoms with Crippen LogP contribution in [-0.2, 0) is 9.31 Å². The number of rotatable bonds is 2. The van der Waals surface area contributed by atoms with E-state index in [1.54, 1.807) is 12.1 Å². The van der Waals surface area contributed by atoms with Crippen molar-refractivity contribution < 1.29 is 9.31 Å². The van der Waals surface area contributed by atoms with E-state index in [1.807, 2.05) is 39.8 Å². The van der Waals surface area contributed by atoms with Crippen molar-refractivity contribution in [2.24, 2.45) is 0 Å². The van der Waals surface area contributed by atoms with E-state index in [4.69, 9.17) is 14.6 Å². The molecule has 0 N–H and O–H groups in total. The molecule has 2 rings (SSSR count). The van der Waals surface area contributed by atoms with Crippen molar-refractivity contribution in [3.05, 3.63) is 42.0 Å². The van der Waals surface area contributed by atoms with Crippen LogP contribution in [0.3, 0.4) is 0 Å². The van der Waals surface area contributed by atoms with E-state index >= 15 is 0 Å². The molecule has 1 aliphatic heterocycles. The van der Waals surface area contributed by atoms with Gasteiger partial charge in [0.15, 0.2) is 0 Å². The Balaban J connectivity index is 2.20. The summed E-state index contributed by atoms with van der Waals surface area (Å²) in [6.45, 7) is 12.1. The molecule has 1 saturated heterocycles. The summed E-state index contributed by atoms with van der Waals surface area (Å²) in [5.41, 5.74) is 1.60. The number of nitriles is 1. The Kier molecular flexibility index (Phi) is 3.30. The minimum atomic E-state index is -0.446. The molecule has 1 heterocycles. The highest BCUT2D eigenvalue weighted by Crippen LogP contribution is 2.39.